The van der Waals surface area contributed by atoms with E-state index in [0.717, 1.165) is 70.3 Å². The molecule has 2 aliphatic rings. The lowest BCUT2D eigenvalue weighted by Gasteiger charge is -2.08. The number of hydrogen-bond acceptors (Lipinski definition) is 11. The van der Waals surface area contributed by atoms with Crippen LogP contribution in [0, 0.1) is 27.0 Å². The first-order valence-corrected chi connectivity index (χ1v) is 18.3. The Morgan fingerprint density at radius 1 is 0.774 bits per heavy atom. The topological polar surface area (TPSA) is 114 Å². The maximum atomic E-state index is 13.2. The molecule has 13 heteroatoms. The molecular weight excluding hydrogens is 709 g/mol. The number of carbonyl (C=O) groups excluding carboxylic acids is 1. The highest BCUT2D eigenvalue weighted by Crippen LogP contribution is 2.36. The largest absolute Gasteiger partial charge is 0.434 e. The van der Waals surface area contributed by atoms with E-state index >= 15 is 0 Å². The van der Waals surface area contributed by atoms with Gasteiger partial charge in [0.2, 0.25) is 0 Å². The van der Waals surface area contributed by atoms with Crippen molar-refractivity contribution in [2.45, 2.75) is 33.5 Å². The number of aromatic nitrogens is 4. The number of fused-ring (bicyclic) bond motifs is 6. The van der Waals surface area contributed by atoms with Crippen molar-refractivity contribution in [3.8, 4) is 11.4 Å². The highest BCUT2D eigenvalue weighted by Gasteiger charge is 2.28. The molecule has 2 aromatic carbocycles. The number of carbonyl (C=O) groups is 1. The Morgan fingerprint density at radius 2 is 1.34 bits per heavy atom. The van der Waals surface area contributed by atoms with E-state index in [2.05, 4.69) is 29.0 Å². The molecule has 6 aromatic rings. The number of ether oxygens (including phenoxy) is 2. The number of rotatable bonds is 12. The second-order valence-electron chi connectivity index (χ2n) is 12.2. The van der Waals surface area contributed by atoms with Crippen LogP contribution in [0.4, 0.5) is 0 Å². The third-order valence-electron chi connectivity index (χ3n) is 9.01. The molecule has 0 fully saturated rings. The fourth-order valence-electron chi connectivity index (χ4n) is 6.38. The predicted octanol–water partition coefficient (Wildman–Crippen LogP) is 7.63. The average molecular weight is 741 g/mol. The lowest BCUT2D eigenvalue weighted by molar-refractivity contribution is -0.350. The summed E-state index contributed by atoms with van der Waals surface area (Å²) in [6.07, 6.45) is 6.51. The summed E-state index contributed by atoms with van der Waals surface area (Å²) in [5.74, 6) is -0.647. The summed E-state index contributed by atoms with van der Waals surface area (Å²) in [7, 11) is 0. The molecule has 2 radical (unpaired) electrons. The Hall–Kier alpha value is -5.57. The zero-order chi connectivity index (χ0) is 36.5. The minimum absolute atomic E-state index is 0.0516. The minimum atomic E-state index is -0.647. The van der Waals surface area contributed by atoms with Gasteiger partial charge in [-0.15, -0.1) is 22.7 Å². The Labute approximate surface area is 313 Å². The number of benzene rings is 2. The molecule has 0 N–H and O–H groups in total. The van der Waals surface area contributed by atoms with Crippen molar-refractivity contribution in [1.29, 1.82) is 0 Å². The van der Waals surface area contributed by atoms with E-state index in [1.165, 1.54) is 11.3 Å². The number of hydrogen-bond donors (Lipinski definition) is 0. The van der Waals surface area contributed by atoms with Gasteiger partial charge in [-0.3, -0.25) is 19.1 Å². The normalized spacial score (nSPS) is 13.1. The van der Waals surface area contributed by atoms with Crippen molar-refractivity contribution in [2.24, 2.45) is 9.98 Å². The summed E-state index contributed by atoms with van der Waals surface area (Å²) in [5.41, 5.74) is 10.1. The average Bonchev–Trinajstić information content (AvgIpc) is 3.95. The standard InChI is InChI=1S/C40H32N6O5S2/c1-5-26-15-31-38(52-26)35(28-13-9-7-11-24(28)3)41-17-33-30(43-20-45(31)33)19-50-51-23-48-22-49-40(47)37-34-18-42-36(29-14-10-8-12-25(29)4)39-32(46(34)21-44-37)16-27(6-2)53-39/h1-2,5-16,20-21H,17-19,22-23H2,3-4H3. The summed E-state index contributed by atoms with van der Waals surface area (Å²) in [6.45, 7) is 15.9. The highest BCUT2D eigenvalue weighted by atomic mass is 32.1. The van der Waals surface area contributed by atoms with Crippen LogP contribution < -0.4 is 0 Å². The van der Waals surface area contributed by atoms with Crippen molar-refractivity contribution in [3.05, 3.63) is 151 Å². The van der Waals surface area contributed by atoms with E-state index in [1.54, 1.807) is 36.1 Å². The fourth-order valence-corrected chi connectivity index (χ4v) is 8.39. The molecule has 53 heavy (non-hydrogen) atoms. The molecule has 0 bridgehead atoms. The van der Waals surface area contributed by atoms with Gasteiger partial charge in [-0.2, -0.15) is 0 Å². The molecule has 11 nitrogen and oxygen atoms in total. The molecule has 0 aliphatic carbocycles. The summed E-state index contributed by atoms with van der Waals surface area (Å²) < 4.78 is 14.7. The minimum Gasteiger partial charge on any atom is -0.434 e. The molecule has 264 valence electrons. The van der Waals surface area contributed by atoms with Gasteiger partial charge >= 0.3 is 5.97 Å². The van der Waals surface area contributed by atoms with Crippen molar-refractivity contribution in [3.63, 3.8) is 0 Å². The van der Waals surface area contributed by atoms with Crippen molar-refractivity contribution >= 4 is 52.2 Å². The van der Waals surface area contributed by atoms with Gasteiger partial charge in [0.1, 0.15) is 12.9 Å². The molecular formula is C40H32N6O5S2. The van der Waals surface area contributed by atoms with Gasteiger partial charge in [-0.1, -0.05) is 61.7 Å². The summed E-state index contributed by atoms with van der Waals surface area (Å²) in [6, 6.07) is 20.2. The Balaban J connectivity index is 0.888. The maximum Gasteiger partial charge on any atom is 0.361 e. The number of imidazole rings is 2. The Bertz CT molecular complexity index is 2450. The van der Waals surface area contributed by atoms with Crippen LogP contribution in [-0.2, 0) is 38.9 Å². The number of aliphatic imine (C=N–C) groups is 2. The van der Waals surface area contributed by atoms with Crippen molar-refractivity contribution < 1.29 is 24.0 Å². The zero-order valence-electron chi connectivity index (χ0n) is 28.8. The number of nitrogens with zero attached hydrogens (tertiary/aromatic N) is 6. The lowest BCUT2D eigenvalue weighted by atomic mass is 10.0. The van der Waals surface area contributed by atoms with Gasteiger partial charge in [-0.05, 0) is 49.3 Å². The Morgan fingerprint density at radius 3 is 1.94 bits per heavy atom. The monoisotopic (exact) mass is 740 g/mol. The second kappa shape index (κ2) is 14.8. The maximum absolute atomic E-state index is 13.2. The molecule has 0 amide bonds. The van der Waals surface area contributed by atoms with Gasteiger partial charge in [0, 0.05) is 20.9 Å². The van der Waals surface area contributed by atoms with Crippen LogP contribution in [0.3, 0.4) is 0 Å². The summed E-state index contributed by atoms with van der Waals surface area (Å²) in [4.78, 5) is 46.5. The van der Waals surface area contributed by atoms with Crippen LogP contribution in [0.5, 0.6) is 0 Å². The molecule has 2 aliphatic heterocycles. The Kier molecular flexibility index (Phi) is 9.65. The molecule has 4 aromatic heterocycles. The quantitative estimate of drug-likeness (QED) is 0.0417. The first kappa shape index (κ1) is 34.5. The lowest BCUT2D eigenvalue weighted by Crippen LogP contribution is -2.13. The van der Waals surface area contributed by atoms with Crippen LogP contribution >= 0.6 is 22.7 Å². The van der Waals surface area contributed by atoms with E-state index in [0.29, 0.717) is 17.9 Å². The van der Waals surface area contributed by atoms with Crippen molar-refractivity contribution in [2.75, 3.05) is 13.6 Å². The van der Waals surface area contributed by atoms with Gasteiger partial charge in [0.25, 0.3) is 0 Å². The van der Waals surface area contributed by atoms with E-state index in [1.807, 2.05) is 64.6 Å². The SMILES string of the molecule is [CH]=Cc1cc2c(s1)C(c1ccccc1C)=NCc1c(COOCOCOC(=O)c3ncn4c3CN=C(c3ccccc3C)c3sc(C=[CH])cc3-4)ncn1-2. The van der Waals surface area contributed by atoms with Crippen LogP contribution in [-0.4, -0.2) is 50.1 Å². The molecule has 0 atom stereocenters. The number of aryl methyl sites for hydroxylation is 2. The number of thiophene rings is 2. The van der Waals surface area contributed by atoms with Crippen LogP contribution in [0.2, 0.25) is 0 Å². The van der Waals surface area contributed by atoms with Crippen LogP contribution in [0.1, 0.15) is 69.3 Å². The van der Waals surface area contributed by atoms with Crippen LogP contribution in [0.25, 0.3) is 23.5 Å². The smallest absolute Gasteiger partial charge is 0.361 e. The molecule has 0 unspecified atom stereocenters. The highest BCUT2D eigenvalue weighted by molar-refractivity contribution is 7.16. The first-order valence-electron chi connectivity index (χ1n) is 16.7. The number of esters is 1. The third kappa shape index (κ3) is 6.53. The van der Waals surface area contributed by atoms with E-state index in [9.17, 15) is 4.79 Å². The summed E-state index contributed by atoms with van der Waals surface area (Å²) in [5, 5.41) is 0. The van der Waals surface area contributed by atoms with Crippen molar-refractivity contribution in [1.82, 2.24) is 19.1 Å². The summed E-state index contributed by atoms with van der Waals surface area (Å²) >= 11 is 3.12. The fraction of sp³-hybridized carbons (Fsp3) is 0.175. The molecule has 8 rings (SSSR count). The van der Waals surface area contributed by atoms with Crippen LogP contribution in [0.15, 0.2) is 83.3 Å². The zero-order valence-corrected chi connectivity index (χ0v) is 30.4. The van der Waals surface area contributed by atoms with E-state index in [-0.39, 0.29) is 32.4 Å². The van der Waals surface area contributed by atoms with Gasteiger partial charge in [-0.25, -0.2) is 24.5 Å². The molecule has 0 saturated carbocycles. The van der Waals surface area contributed by atoms with E-state index in [4.69, 9.17) is 42.4 Å². The first-order chi connectivity index (χ1) is 25.9. The molecule has 0 spiro atoms. The predicted molar refractivity (Wildman–Crippen MR) is 204 cm³/mol. The third-order valence-corrected chi connectivity index (χ3v) is 11.2. The molecule has 0 saturated heterocycles. The van der Waals surface area contributed by atoms with Gasteiger partial charge in [0.15, 0.2) is 19.3 Å². The second-order valence-corrected chi connectivity index (χ2v) is 14.4. The molecule has 6 heterocycles. The van der Waals surface area contributed by atoms with Gasteiger partial charge < -0.3 is 9.47 Å². The van der Waals surface area contributed by atoms with Gasteiger partial charge in [0.05, 0.1) is 69.1 Å². The van der Waals surface area contributed by atoms with E-state index < -0.39 is 5.97 Å².